The van der Waals surface area contributed by atoms with E-state index in [4.69, 9.17) is 22.1 Å². The quantitative estimate of drug-likeness (QED) is 0.839. The standard InChI is InChI=1S/C10H10ClN3O/c11-8-3-1-2-4-9(8)15-6-7-5-13-10(12)14-7/h1-5H,6H2,(H3,12,13,14). The molecular weight excluding hydrogens is 214 g/mol. The molecule has 0 fully saturated rings. The predicted molar refractivity (Wildman–Crippen MR) is 58.8 cm³/mol. The molecule has 3 N–H and O–H groups in total. The first kappa shape index (κ1) is 9.86. The lowest BCUT2D eigenvalue weighted by Gasteiger charge is -2.05. The maximum atomic E-state index is 5.92. The minimum Gasteiger partial charge on any atom is -0.486 e. The van der Waals surface area contributed by atoms with Crippen molar-refractivity contribution >= 4 is 17.5 Å². The molecule has 0 aliphatic heterocycles. The molecule has 0 amide bonds. The molecule has 0 atom stereocenters. The van der Waals surface area contributed by atoms with Gasteiger partial charge in [0.25, 0.3) is 0 Å². The third-order valence-corrected chi connectivity index (χ3v) is 2.18. The summed E-state index contributed by atoms with van der Waals surface area (Å²) in [4.78, 5) is 6.72. The van der Waals surface area contributed by atoms with E-state index in [1.165, 1.54) is 0 Å². The molecule has 4 nitrogen and oxygen atoms in total. The Morgan fingerprint density at radius 3 is 2.87 bits per heavy atom. The molecule has 2 aromatic rings. The average Bonchev–Trinajstić information content (AvgIpc) is 2.63. The van der Waals surface area contributed by atoms with Gasteiger partial charge in [-0.1, -0.05) is 23.7 Å². The number of hydrogen-bond acceptors (Lipinski definition) is 3. The average molecular weight is 224 g/mol. The van der Waals surface area contributed by atoms with Crippen LogP contribution in [0.15, 0.2) is 30.5 Å². The van der Waals surface area contributed by atoms with E-state index in [1.807, 2.05) is 18.2 Å². The number of nitrogen functional groups attached to an aromatic ring is 1. The zero-order valence-corrected chi connectivity index (χ0v) is 8.66. The first-order chi connectivity index (χ1) is 7.25. The van der Waals surface area contributed by atoms with Crippen LogP contribution in [0.3, 0.4) is 0 Å². The number of ether oxygens (including phenoxy) is 1. The van der Waals surface area contributed by atoms with Crippen LogP contribution >= 0.6 is 11.6 Å². The van der Waals surface area contributed by atoms with Crippen LogP contribution < -0.4 is 10.5 Å². The van der Waals surface area contributed by atoms with Gasteiger partial charge in [0.2, 0.25) is 0 Å². The number of anilines is 1. The Labute approximate surface area is 92.0 Å². The lowest BCUT2D eigenvalue weighted by Crippen LogP contribution is -1.96. The molecule has 5 heteroatoms. The lowest BCUT2D eigenvalue weighted by atomic mass is 10.3. The van der Waals surface area contributed by atoms with Gasteiger partial charge in [-0.3, -0.25) is 0 Å². The van der Waals surface area contributed by atoms with E-state index in [1.54, 1.807) is 12.3 Å². The van der Waals surface area contributed by atoms with E-state index in [0.29, 0.717) is 23.3 Å². The van der Waals surface area contributed by atoms with Crippen LogP contribution in [0.4, 0.5) is 5.95 Å². The number of halogens is 1. The molecule has 2 rings (SSSR count). The summed E-state index contributed by atoms with van der Waals surface area (Å²) in [6.45, 7) is 0.369. The Kier molecular flexibility index (Phi) is 2.78. The van der Waals surface area contributed by atoms with Gasteiger partial charge in [-0.25, -0.2) is 4.98 Å². The summed E-state index contributed by atoms with van der Waals surface area (Å²) in [5, 5.41) is 0.588. The molecule has 1 heterocycles. The number of rotatable bonds is 3. The minimum absolute atomic E-state index is 0.369. The second-order valence-corrected chi connectivity index (χ2v) is 3.42. The molecule has 0 aliphatic rings. The van der Waals surface area contributed by atoms with Crippen LogP contribution in [-0.2, 0) is 6.61 Å². The normalized spacial score (nSPS) is 10.2. The number of imidazole rings is 1. The topological polar surface area (TPSA) is 63.9 Å². The molecule has 0 radical (unpaired) electrons. The maximum absolute atomic E-state index is 5.92. The highest BCUT2D eigenvalue weighted by Crippen LogP contribution is 2.23. The highest BCUT2D eigenvalue weighted by atomic mass is 35.5. The molecule has 0 bridgehead atoms. The van der Waals surface area contributed by atoms with E-state index in [-0.39, 0.29) is 0 Å². The van der Waals surface area contributed by atoms with Gasteiger partial charge in [0.15, 0.2) is 5.95 Å². The number of H-pyrrole nitrogens is 1. The van der Waals surface area contributed by atoms with Gasteiger partial charge in [-0.15, -0.1) is 0 Å². The monoisotopic (exact) mass is 223 g/mol. The molecule has 0 unspecified atom stereocenters. The fraction of sp³-hybridized carbons (Fsp3) is 0.100. The van der Waals surface area contributed by atoms with Gasteiger partial charge in [0.05, 0.1) is 16.9 Å². The summed E-state index contributed by atoms with van der Waals surface area (Å²) < 4.78 is 5.48. The van der Waals surface area contributed by atoms with E-state index in [2.05, 4.69) is 9.97 Å². The van der Waals surface area contributed by atoms with Gasteiger partial charge in [0.1, 0.15) is 12.4 Å². The van der Waals surface area contributed by atoms with Crippen molar-refractivity contribution in [1.29, 1.82) is 0 Å². The fourth-order valence-electron chi connectivity index (χ4n) is 1.17. The van der Waals surface area contributed by atoms with Crippen molar-refractivity contribution in [3.8, 4) is 5.75 Å². The van der Waals surface area contributed by atoms with Gasteiger partial charge in [-0.2, -0.15) is 0 Å². The Balaban J connectivity index is 2.02. The molecule has 1 aromatic heterocycles. The second kappa shape index (κ2) is 4.23. The molecule has 78 valence electrons. The first-order valence-corrected chi connectivity index (χ1v) is 4.80. The smallest absolute Gasteiger partial charge is 0.197 e. The summed E-state index contributed by atoms with van der Waals surface area (Å²) >= 11 is 5.92. The number of nitrogens with two attached hydrogens (primary N) is 1. The summed E-state index contributed by atoms with van der Waals surface area (Å²) in [5.41, 5.74) is 6.24. The highest BCUT2D eigenvalue weighted by molar-refractivity contribution is 6.32. The van der Waals surface area contributed by atoms with Crippen LogP contribution in [0.25, 0.3) is 0 Å². The molecule has 0 saturated carbocycles. The van der Waals surface area contributed by atoms with Crippen LogP contribution in [0.2, 0.25) is 5.02 Å². The van der Waals surface area contributed by atoms with Crippen molar-refractivity contribution in [2.45, 2.75) is 6.61 Å². The van der Waals surface area contributed by atoms with Crippen molar-refractivity contribution < 1.29 is 4.74 Å². The number of para-hydroxylation sites is 1. The van der Waals surface area contributed by atoms with E-state index < -0.39 is 0 Å². The molecule has 0 aliphatic carbocycles. The summed E-state index contributed by atoms with van der Waals surface area (Å²) in [5.74, 6) is 1.03. The maximum Gasteiger partial charge on any atom is 0.197 e. The Morgan fingerprint density at radius 1 is 1.40 bits per heavy atom. The van der Waals surface area contributed by atoms with Crippen molar-refractivity contribution in [2.75, 3.05) is 5.73 Å². The third-order valence-electron chi connectivity index (χ3n) is 1.87. The largest absolute Gasteiger partial charge is 0.486 e. The van der Waals surface area contributed by atoms with Crippen LogP contribution in [0, 0.1) is 0 Å². The molecule has 1 aromatic carbocycles. The van der Waals surface area contributed by atoms with Crippen molar-refractivity contribution in [3.63, 3.8) is 0 Å². The summed E-state index contributed by atoms with van der Waals surface area (Å²) in [7, 11) is 0. The summed E-state index contributed by atoms with van der Waals surface area (Å²) in [6, 6.07) is 7.30. The Hall–Kier alpha value is -1.68. The number of aromatic amines is 1. The molecular formula is C10H10ClN3O. The lowest BCUT2D eigenvalue weighted by molar-refractivity contribution is 0.302. The number of aromatic nitrogens is 2. The van der Waals surface area contributed by atoms with Crippen molar-refractivity contribution in [2.24, 2.45) is 0 Å². The number of nitrogens with one attached hydrogen (secondary N) is 1. The first-order valence-electron chi connectivity index (χ1n) is 4.42. The van der Waals surface area contributed by atoms with Crippen LogP contribution in [-0.4, -0.2) is 9.97 Å². The van der Waals surface area contributed by atoms with Gasteiger partial charge in [-0.05, 0) is 12.1 Å². The third kappa shape index (κ3) is 2.41. The zero-order chi connectivity index (χ0) is 10.7. The molecule has 15 heavy (non-hydrogen) atoms. The van der Waals surface area contributed by atoms with E-state index in [0.717, 1.165) is 5.69 Å². The number of hydrogen-bond donors (Lipinski definition) is 2. The van der Waals surface area contributed by atoms with Gasteiger partial charge in [0, 0.05) is 0 Å². The van der Waals surface area contributed by atoms with Crippen LogP contribution in [0.5, 0.6) is 5.75 Å². The minimum atomic E-state index is 0.369. The summed E-state index contributed by atoms with van der Waals surface area (Å²) in [6.07, 6.45) is 1.63. The fourth-order valence-corrected chi connectivity index (χ4v) is 1.36. The molecule has 0 saturated heterocycles. The van der Waals surface area contributed by atoms with Gasteiger partial charge < -0.3 is 15.5 Å². The zero-order valence-electron chi connectivity index (χ0n) is 7.90. The predicted octanol–water partition coefficient (Wildman–Crippen LogP) is 2.22. The van der Waals surface area contributed by atoms with Crippen molar-refractivity contribution in [1.82, 2.24) is 9.97 Å². The SMILES string of the molecule is Nc1ncc(COc2ccccc2Cl)[nH]1. The van der Waals surface area contributed by atoms with Crippen molar-refractivity contribution in [3.05, 3.63) is 41.2 Å². The van der Waals surface area contributed by atoms with Gasteiger partial charge >= 0.3 is 0 Å². The number of nitrogens with zero attached hydrogens (tertiary/aromatic N) is 1. The Bertz CT molecular complexity index is 455. The Morgan fingerprint density at radius 2 is 2.20 bits per heavy atom. The van der Waals surface area contributed by atoms with E-state index >= 15 is 0 Å². The second-order valence-electron chi connectivity index (χ2n) is 3.01. The highest BCUT2D eigenvalue weighted by Gasteiger charge is 2.01. The molecule has 0 spiro atoms. The van der Waals surface area contributed by atoms with Crippen LogP contribution in [0.1, 0.15) is 5.69 Å². The van der Waals surface area contributed by atoms with E-state index in [9.17, 15) is 0 Å². The number of benzene rings is 1.